The molecule has 0 bridgehead atoms. The fraction of sp³-hybridized carbons (Fsp3) is 0.304. The van der Waals surface area contributed by atoms with E-state index in [0.717, 1.165) is 35.0 Å². The summed E-state index contributed by atoms with van der Waals surface area (Å²) in [5, 5.41) is 0.823. The van der Waals surface area contributed by atoms with Gasteiger partial charge in [0.1, 0.15) is 5.58 Å². The van der Waals surface area contributed by atoms with Crippen molar-refractivity contribution in [2.45, 2.75) is 13.3 Å². The molecule has 1 atom stereocenters. The van der Waals surface area contributed by atoms with Gasteiger partial charge < -0.3 is 14.1 Å². The van der Waals surface area contributed by atoms with Crippen LogP contribution in [0.4, 0.5) is 0 Å². The predicted octanol–water partition coefficient (Wildman–Crippen LogP) is 3.88. The molecular weight excluding hydrogens is 354 g/mol. The highest BCUT2D eigenvalue weighted by Crippen LogP contribution is 2.30. The topological polar surface area (TPSA) is 59.8 Å². The van der Waals surface area contributed by atoms with Crippen molar-refractivity contribution < 1.29 is 13.9 Å². The maximum Gasteiger partial charge on any atom is 0.336 e. The van der Waals surface area contributed by atoms with E-state index in [0.29, 0.717) is 30.2 Å². The summed E-state index contributed by atoms with van der Waals surface area (Å²) in [6, 6.07) is 14.8. The molecule has 0 saturated carbocycles. The Balaban J connectivity index is 1.72. The summed E-state index contributed by atoms with van der Waals surface area (Å²) in [4.78, 5) is 26.9. The van der Waals surface area contributed by atoms with Crippen molar-refractivity contribution in [1.82, 2.24) is 4.90 Å². The average molecular weight is 377 g/mol. The molecular formula is C23H23NO4. The molecule has 0 unspecified atom stereocenters. The number of amides is 1. The summed E-state index contributed by atoms with van der Waals surface area (Å²) in [5.41, 5.74) is 3.44. The standard InChI is InChI=1S/C23H23NO4/c1-15-5-3-4-6-18(15)20-12-22(25)28-21-11-17(7-8-19(20)21)23(26)24-10-9-16(13-24)14-27-2/h3-8,11-12,16H,9-10,13-14H2,1-2H3/t16-/m0/s1. The lowest BCUT2D eigenvalue weighted by molar-refractivity contribution is 0.0775. The third kappa shape index (κ3) is 3.45. The van der Waals surface area contributed by atoms with Crippen LogP contribution in [0.15, 0.2) is 57.7 Å². The largest absolute Gasteiger partial charge is 0.423 e. The number of fused-ring (bicyclic) bond motifs is 1. The smallest absolute Gasteiger partial charge is 0.336 e. The van der Waals surface area contributed by atoms with Crippen LogP contribution in [0.5, 0.6) is 0 Å². The van der Waals surface area contributed by atoms with Gasteiger partial charge in [-0.3, -0.25) is 4.79 Å². The summed E-state index contributed by atoms with van der Waals surface area (Å²) in [6.07, 6.45) is 0.944. The van der Waals surface area contributed by atoms with E-state index in [-0.39, 0.29) is 5.91 Å². The summed E-state index contributed by atoms with van der Waals surface area (Å²) in [7, 11) is 1.68. The minimum atomic E-state index is -0.420. The molecule has 1 saturated heterocycles. The van der Waals surface area contributed by atoms with E-state index in [1.165, 1.54) is 6.07 Å². The number of aryl methyl sites for hydroxylation is 1. The molecule has 2 aromatic carbocycles. The molecule has 5 heteroatoms. The Hall–Kier alpha value is -2.92. The molecule has 0 spiro atoms. The first-order valence-corrected chi connectivity index (χ1v) is 9.49. The van der Waals surface area contributed by atoms with Crippen LogP contribution in [0, 0.1) is 12.8 Å². The Morgan fingerprint density at radius 1 is 1.18 bits per heavy atom. The second-order valence-electron chi connectivity index (χ2n) is 7.37. The molecule has 0 radical (unpaired) electrons. The quantitative estimate of drug-likeness (QED) is 0.648. The van der Waals surface area contributed by atoms with Gasteiger partial charge in [0.15, 0.2) is 0 Å². The van der Waals surface area contributed by atoms with Crippen LogP contribution in [0.2, 0.25) is 0 Å². The Labute approximate surface area is 163 Å². The van der Waals surface area contributed by atoms with E-state index in [2.05, 4.69) is 0 Å². The summed E-state index contributed by atoms with van der Waals surface area (Å²) in [6.45, 7) is 4.09. The number of carbonyl (C=O) groups is 1. The van der Waals surface area contributed by atoms with Gasteiger partial charge in [0, 0.05) is 48.7 Å². The highest BCUT2D eigenvalue weighted by molar-refractivity contribution is 6.01. The monoisotopic (exact) mass is 377 g/mol. The maximum absolute atomic E-state index is 12.9. The Morgan fingerprint density at radius 3 is 2.79 bits per heavy atom. The number of benzene rings is 2. The lowest BCUT2D eigenvalue weighted by Crippen LogP contribution is -2.29. The molecule has 5 nitrogen and oxygen atoms in total. The Kier molecular flexibility index (Phi) is 5.01. The number of likely N-dealkylation sites (tertiary alicyclic amines) is 1. The van der Waals surface area contributed by atoms with Crippen molar-refractivity contribution >= 4 is 16.9 Å². The fourth-order valence-electron chi connectivity index (χ4n) is 3.97. The van der Waals surface area contributed by atoms with Gasteiger partial charge in [0.2, 0.25) is 0 Å². The van der Waals surface area contributed by atoms with Gasteiger partial charge in [-0.1, -0.05) is 24.3 Å². The van der Waals surface area contributed by atoms with Crippen LogP contribution in [0.1, 0.15) is 22.3 Å². The van der Waals surface area contributed by atoms with Crippen LogP contribution in [0.3, 0.4) is 0 Å². The number of methoxy groups -OCH3 is 1. The molecule has 1 aliphatic rings. The highest BCUT2D eigenvalue weighted by atomic mass is 16.5. The zero-order valence-corrected chi connectivity index (χ0v) is 16.1. The van der Waals surface area contributed by atoms with Gasteiger partial charge in [-0.15, -0.1) is 0 Å². The summed E-state index contributed by atoms with van der Waals surface area (Å²) < 4.78 is 10.6. The van der Waals surface area contributed by atoms with Gasteiger partial charge in [0.25, 0.3) is 5.91 Å². The van der Waals surface area contributed by atoms with E-state index in [4.69, 9.17) is 9.15 Å². The van der Waals surface area contributed by atoms with Crippen molar-refractivity contribution in [3.05, 3.63) is 70.1 Å². The van der Waals surface area contributed by atoms with Gasteiger partial charge in [-0.05, 0) is 42.7 Å². The van der Waals surface area contributed by atoms with Crippen molar-refractivity contribution in [2.24, 2.45) is 5.92 Å². The number of carbonyl (C=O) groups excluding carboxylic acids is 1. The zero-order chi connectivity index (χ0) is 19.7. The third-order valence-corrected chi connectivity index (χ3v) is 5.40. The van der Waals surface area contributed by atoms with Gasteiger partial charge in [-0.2, -0.15) is 0 Å². The average Bonchev–Trinajstić information content (AvgIpc) is 3.15. The van der Waals surface area contributed by atoms with Crippen LogP contribution >= 0.6 is 0 Å². The van der Waals surface area contributed by atoms with Crippen molar-refractivity contribution in [3.8, 4) is 11.1 Å². The van der Waals surface area contributed by atoms with Gasteiger partial charge in [-0.25, -0.2) is 4.79 Å². The number of nitrogens with zero attached hydrogens (tertiary/aromatic N) is 1. The predicted molar refractivity (Wildman–Crippen MR) is 109 cm³/mol. The molecule has 1 aromatic heterocycles. The van der Waals surface area contributed by atoms with E-state index >= 15 is 0 Å². The SMILES string of the molecule is COC[C@H]1CCN(C(=O)c2ccc3c(-c4ccccc4C)cc(=O)oc3c2)C1. The molecule has 0 N–H and O–H groups in total. The first-order chi connectivity index (χ1) is 13.6. The van der Waals surface area contributed by atoms with Crippen molar-refractivity contribution in [2.75, 3.05) is 26.8 Å². The third-order valence-electron chi connectivity index (χ3n) is 5.40. The number of ether oxygens (including phenoxy) is 1. The molecule has 2 heterocycles. The molecule has 1 amide bonds. The van der Waals surface area contributed by atoms with E-state index in [9.17, 15) is 9.59 Å². The molecule has 4 rings (SSSR count). The highest BCUT2D eigenvalue weighted by Gasteiger charge is 2.27. The van der Waals surface area contributed by atoms with E-state index < -0.39 is 5.63 Å². The minimum Gasteiger partial charge on any atom is -0.423 e. The first kappa shape index (κ1) is 18.4. The maximum atomic E-state index is 12.9. The molecule has 144 valence electrons. The first-order valence-electron chi connectivity index (χ1n) is 9.49. The molecule has 1 fully saturated rings. The fourth-order valence-corrected chi connectivity index (χ4v) is 3.97. The minimum absolute atomic E-state index is 0.0375. The normalized spacial score (nSPS) is 16.6. The Morgan fingerprint density at radius 2 is 2.00 bits per heavy atom. The number of rotatable bonds is 4. The lowest BCUT2D eigenvalue weighted by atomic mass is 9.97. The summed E-state index contributed by atoms with van der Waals surface area (Å²) in [5.74, 6) is 0.337. The summed E-state index contributed by atoms with van der Waals surface area (Å²) >= 11 is 0. The molecule has 0 aliphatic carbocycles. The second-order valence-corrected chi connectivity index (χ2v) is 7.37. The second kappa shape index (κ2) is 7.60. The molecule has 1 aliphatic heterocycles. The van der Waals surface area contributed by atoms with Crippen LogP contribution in [-0.2, 0) is 4.74 Å². The number of hydrogen-bond acceptors (Lipinski definition) is 4. The Bertz CT molecular complexity index is 1090. The van der Waals surface area contributed by atoms with Gasteiger partial charge >= 0.3 is 5.63 Å². The van der Waals surface area contributed by atoms with E-state index in [1.54, 1.807) is 13.2 Å². The molecule has 3 aromatic rings. The van der Waals surface area contributed by atoms with Crippen molar-refractivity contribution in [3.63, 3.8) is 0 Å². The number of hydrogen-bond donors (Lipinski definition) is 0. The van der Waals surface area contributed by atoms with Crippen LogP contribution in [-0.4, -0.2) is 37.6 Å². The molecule has 28 heavy (non-hydrogen) atoms. The van der Waals surface area contributed by atoms with Crippen molar-refractivity contribution in [1.29, 1.82) is 0 Å². The van der Waals surface area contributed by atoms with Crippen LogP contribution < -0.4 is 5.63 Å². The lowest BCUT2D eigenvalue weighted by Gasteiger charge is -2.17. The zero-order valence-electron chi connectivity index (χ0n) is 16.1. The van der Waals surface area contributed by atoms with Gasteiger partial charge in [0.05, 0.1) is 6.61 Å². The van der Waals surface area contributed by atoms with Crippen LogP contribution in [0.25, 0.3) is 22.1 Å². The van der Waals surface area contributed by atoms with E-state index in [1.807, 2.05) is 48.2 Å².